The number of benzene rings is 1. The molecule has 0 bridgehead atoms. The normalized spacial score (nSPS) is 11.6. The van der Waals surface area contributed by atoms with Crippen LogP contribution in [-0.4, -0.2) is 61.9 Å². The first-order chi connectivity index (χ1) is 12.4. The number of aryl methyl sites for hydroxylation is 1. The zero-order valence-corrected chi connectivity index (χ0v) is 16.0. The molecule has 0 saturated heterocycles. The molecule has 0 aliphatic rings. The summed E-state index contributed by atoms with van der Waals surface area (Å²) in [6.45, 7) is 4.07. The fraction of sp³-hybridized carbons (Fsp3) is 0.579. The fourth-order valence-electron chi connectivity index (χ4n) is 2.54. The van der Waals surface area contributed by atoms with Crippen molar-refractivity contribution in [1.82, 2.24) is 4.90 Å². The zero-order chi connectivity index (χ0) is 19.5. The van der Waals surface area contributed by atoms with E-state index in [1.165, 1.54) is 4.90 Å². The molecule has 1 rings (SSSR count). The first kappa shape index (κ1) is 21.8. The van der Waals surface area contributed by atoms with E-state index >= 15 is 0 Å². The van der Waals surface area contributed by atoms with Crippen LogP contribution >= 0.6 is 0 Å². The quantitative estimate of drug-likeness (QED) is 0.600. The molecule has 0 saturated carbocycles. The van der Waals surface area contributed by atoms with E-state index in [2.05, 4.69) is 0 Å². The van der Waals surface area contributed by atoms with E-state index in [0.717, 1.165) is 5.56 Å². The smallest absolute Gasteiger partial charge is 0.307 e. The van der Waals surface area contributed by atoms with Crippen molar-refractivity contribution in [2.24, 2.45) is 0 Å². The number of carbonyl (C=O) groups excluding carboxylic acids is 2. The van der Waals surface area contributed by atoms with Gasteiger partial charge in [0.1, 0.15) is 0 Å². The average molecular weight is 367 g/mol. The van der Waals surface area contributed by atoms with Crippen molar-refractivity contribution < 1.29 is 28.9 Å². The number of methoxy groups -OCH3 is 2. The third kappa shape index (κ3) is 7.31. The lowest BCUT2D eigenvalue weighted by Gasteiger charge is -2.24. The van der Waals surface area contributed by atoms with E-state index in [-0.39, 0.29) is 37.8 Å². The summed E-state index contributed by atoms with van der Waals surface area (Å²) >= 11 is 0. The molecule has 1 amide bonds. The standard InChI is InChI=1S/C19H29NO6/c1-5-26-19(23)10-11-20(13-14(2)21)18(22)9-7-15-6-8-16(24-3)17(12-15)25-4/h6,8,12,14,21H,5,7,9-11,13H2,1-4H3. The van der Waals surface area contributed by atoms with E-state index in [4.69, 9.17) is 14.2 Å². The first-order valence-corrected chi connectivity index (χ1v) is 8.73. The van der Waals surface area contributed by atoms with Gasteiger partial charge in [0.05, 0.1) is 33.4 Å². The van der Waals surface area contributed by atoms with Gasteiger partial charge in [-0.3, -0.25) is 9.59 Å². The molecule has 7 nitrogen and oxygen atoms in total. The molecule has 1 unspecified atom stereocenters. The van der Waals surface area contributed by atoms with Crippen molar-refractivity contribution in [2.75, 3.05) is 33.9 Å². The summed E-state index contributed by atoms with van der Waals surface area (Å²) < 4.78 is 15.4. The number of hydrogen-bond donors (Lipinski definition) is 1. The summed E-state index contributed by atoms with van der Waals surface area (Å²) in [6, 6.07) is 5.52. The van der Waals surface area contributed by atoms with Gasteiger partial charge in [0, 0.05) is 19.5 Å². The number of rotatable bonds is 11. The van der Waals surface area contributed by atoms with E-state index in [0.29, 0.717) is 24.5 Å². The first-order valence-electron chi connectivity index (χ1n) is 8.73. The van der Waals surface area contributed by atoms with E-state index in [1.807, 2.05) is 12.1 Å². The van der Waals surface area contributed by atoms with Crippen molar-refractivity contribution in [3.8, 4) is 11.5 Å². The molecule has 1 atom stereocenters. The predicted molar refractivity (Wildman–Crippen MR) is 97.4 cm³/mol. The van der Waals surface area contributed by atoms with Crippen LogP contribution in [0.2, 0.25) is 0 Å². The lowest BCUT2D eigenvalue weighted by atomic mass is 10.1. The number of hydrogen-bond acceptors (Lipinski definition) is 6. The number of ether oxygens (including phenoxy) is 3. The van der Waals surface area contributed by atoms with Crippen LogP contribution < -0.4 is 9.47 Å². The minimum absolute atomic E-state index is 0.114. The second-order valence-electron chi connectivity index (χ2n) is 5.93. The number of esters is 1. The van der Waals surface area contributed by atoms with Crippen LogP contribution in [0.15, 0.2) is 18.2 Å². The van der Waals surface area contributed by atoms with Gasteiger partial charge in [-0.05, 0) is 38.0 Å². The molecule has 0 aliphatic carbocycles. The van der Waals surface area contributed by atoms with Crippen molar-refractivity contribution in [3.63, 3.8) is 0 Å². The number of nitrogens with zero attached hydrogens (tertiary/aromatic N) is 1. The van der Waals surface area contributed by atoms with Crippen molar-refractivity contribution in [3.05, 3.63) is 23.8 Å². The van der Waals surface area contributed by atoms with Gasteiger partial charge >= 0.3 is 5.97 Å². The predicted octanol–water partition coefficient (Wildman–Crippen LogP) is 1.80. The summed E-state index contributed by atoms with van der Waals surface area (Å²) in [5.74, 6) is 0.772. The highest BCUT2D eigenvalue weighted by Crippen LogP contribution is 2.28. The number of carbonyl (C=O) groups is 2. The third-order valence-corrected chi connectivity index (χ3v) is 3.80. The number of aliphatic hydroxyl groups excluding tert-OH is 1. The Labute approximate surface area is 154 Å². The molecule has 26 heavy (non-hydrogen) atoms. The molecule has 1 aromatic carbocycles. The highest BCUT2D eigenvalue weighted by molar-refractivity contribution is 5.77. The van der Waals surface area contributed by atoms with Gasteiger partial charge in [-0.15, -0.1) is 0 Å². The fourth-order valence-corrected chi connectivity index (χ4v) is 2.54. The molecule has 0 aromatic heterocycles. The topological polar surface area (TPSA) is 85.3 Å². The van der Waals surface area contributed by atoms with Crippen LogP contribution in [0.25, 0.3) is 0 Å². The van der Waals surface area contributed by atoms with E-state index < -0.39 is 6.10 Å². The Hall–Kier alpha value is -2.28. The van der Waals surface area contributed by atoms with Crippen LogP contribution in [-0.2, 0) is 20.7 Å². The van der Waals surface area contributed by atoms with E-state index in [9.17, 15) is 14.7 Å². The third-order valence-electron chi connectivity index (χ3n) is 3.80. The van der Waals surface area contributed by atoms with Crippen molar-refractivity contribution >= 4 is 11.9 Å². The highest BCUT2D eigenvalue weighted by Gasteiger charge is 2.17. The highest BCUT2D eigenvalue weighted by atomic mass is 16.5. The van der Waals surface area contributed by atoms with Gasteiger partial charge in [-0.1, -0.05) is 6.07 Å². The van der Waals surface area contributed by atoms with Gasteiger partial charge in [0.25, 0.3) is 0 Å². The van der Waals surface area contributed by atoms with Gasteiger partial charge in [-0.25, -0.2) is 0 Å². The lowest BCUT2D eigenvalue weighted by molar-refractivity contribution is -0.144. The summed E-state index contributed by atoms with van der Waals surface area (Å²) in [5.41, 5.74) is 0.943. The molecule has 1 N–H and O–H groups in total. The summed E-state index contributed by atoms with van der Waals surface area (Å²) in [4.78, 5) is 25.5. The molecule has 0 radical (unpaired) electrons. The molecular formula is C19H29NO6. The summed E-state index contributed by atoms with van der Waals surface area (Å²) in [5, 5.41) is 9.61. The van der Waals surface area contributed by atoms with Crippen LogP contribution in [0, 0.1) is 0 Å². The van der Waals surface area contributed by atoms with Gasteiger partial charge in [-0.2, -0.15) is 0 Å². The Morgan fingerprint density at radius 3 is 2.42 bits per heavy atom. The van der Waals surface area contributed by atoms with Crippen LogP contribution in [0.3, 0.4) is 0 Å². The maximum atomic E-state index is 12.5. The molecule has 0 fully saturated rings. The van der Waals surface area contributed by atoms with Crippen molar-refractivity contribution in [2.45, 2.75) is 39.2 Å². The molecule has 0 heterocycles. The number of aliphatic hydroxyl groups is 1. The van der Waals surface area contributed by atoms with Crippen molar-refractivity contribution in [1.29, 1.82) is 0 Å². The van der Waals surface area contributed by atoms with Crippen LogP contribution in [0.4, 0.5) is 0 Å². The average Bonchev–Trinajstić information content (AvgIpc) is 2.62. The molecular weight excluding hydrogens is 338 g/mol. The number of amides is 1. The second kappa shape index (κ2) is 11.4. The Morgan fingerprint density at radius 2 is 1.85 bits per heavy atom. The van der Waals surface area contributed by atoms with Crippen LogP contribution in [0.1, 0.15) is 32.3 Å². The second-order valence-corrected chi connectivity index (χ2v) is 5.93. The minimum Gasteiger partial charge on any atom is -0.493 e. The summed E-state index contributed by atoms with van der Waals surface area (Å²) in [6.07, 6.45) is 0.241. The minimum atomic E-state index is -0.665. The molecule has 146 valence electrons. The Balaban J connectivity index is 2.66. The molecule has 0 aliphatic heterocycles. The maximum absolute atomic E-state index is 12.5. The van der Waals surface area contributed by atoms with Crippen LogP contribution in [0.5, 0.6) is 11.5 Å². The molecule has 7 heteroatoms. The summed E-state index contributed by atoms with van der Waals surface area (Å²) in [7, 11) is 3.13. The monoisotopic (exact) mass is 367 g/mol. The Bertz CT molecular complexity index is 587. The largest absolute Gasteiger partial charge is 0.493 e. The maximum Gasteiger partial charge on any atom is 0.307 e. The van der Waals surface area contributed by atoms with Gasteiger partial charge < -0.3 is 24.2 Å². The zero-order valence-electron chi connectivity index (χ0n) is 16.0. The SMILES string of the molecule is CCOC(=O)CCN(CC(C)O)C(=O)CCc1ccc(OC)c(OC)c1. The molecule has 0 spiro atoms. The Morgan fingerprint density at radius 1 is 1.15 bits per heavy atom. The van der Waals surface area contributed by atoms with E-state index in [1.54, 1.807) is 34.1 Å². The van der Waals surface area contributed by atoms with Gasteiger partial charge in [0.15, 0.2) is 11.5 Å². The lowest BCUT2D eigenvalue weighted by Crippen LogP contribution is -2.38. The van der Waals surface area contributed by atoms with Gasteiger partial charge in [0.2, 0.25) is 5.91 Å². The molecule has 1 aromatic rings. The Kier molecular flexibility index (Phi) is 9.51.